The minimum absolute atomic E-state index is 0.190. The molecule has 2 rings (SSSR count). The van der Waals surface area contributed by atoms with Crippen molar-refractivity contribution in [3.05, 3.63) is 47.2 Å². The normalized spacial score (nSPS) is 18.9. The van der Waals surface area contributed by atoms with Crippen LogP contribution in [0.5, 0.6) is 0 Å². The van der Waals surface area contributed by atoms with Crippen molar-refractivity contribution < 1.29 is 29.3 Å². The Bertz CT molecular complexity index is 747. The Morgan fingerprint density at radius 3 is 2.30 bits per heavy atom. The average Bonchev–Trinajstić information content (AvgIpc) is 2.95. The number of rotatable bonds is 6. The number of carboxylic acid groups (broad SMARTS) is 2. The molecule has 0 radical (unpaired) electrons. The number of likely N-dealkylation sites (tertiary alicyclic amines) is 1. The summed E-state index contributed by atoms with van der Waals surface area (Å²) in [5.74, 6) is -2.94. The predicted octanol–water partition coefficient (Wildman–Crippen LogP) is 2.81. The van der Waals surface area contributed by atoms with Gasteiger partial charge >= 0.3 is 17.9 Å². The first-order valence-electron chi connectivity index (χ1n) is 8.79. The molecule has 0 saturated carbocycles. The van der Waals surface area contributed by atoms with Crippen LogP contribution in [0.2, 0.25) is 0 Å². The molecule has 2 N–H and O–H groups in total. The summed E-state index contributed by atoms with van der Waals surface area (Å²) in [6.07, 6.45) is 0.0934. The lowest BCUT2D eigenvalue weighted by atomic mass is 10.1. The molecule has 0 spiro atoms. The summed E-state index contributed by atoms with van der Waals surface area (Å²) < 4.78 is 5.49. The van der Waals surface area contributed by atoms with E-state index in [1.165, 1.54) is 0 Å². The Labute approximate surface area is 158 Å². The van der Waals surface area contributed by atoms with Gasteiger partial charge in [-0.05, 0) is 39.2 Å². The topological polar surface area (TPSA) is 104 Å². The summed E-state index contributed by atoms with van der Waals surface area (Å²) >= 11 is 0. The van der Waals surface area contributed by atoms with E-state index in [9.17, 15) is 19.5 Å². The van der Waals surface area contributed by atoms with E-state index in [2.05, 4.69) is 0 Å². The number of nitrogens with zero attached hydrogens (tertiary/aromatic N) is 1. The molecule has 146 valence electrons. The van der Waals surface area contributed by atoms with Gasteiger partial charge in [-0.25, -0.2) is 9.59 Å². The molecule has 1 atom stereocenters. The number of carbonyl (C=O) groups excluding carboxylic acids is 1. The number of aliphatic carboxylic acids is 2. The molecule has 1 aromatic carbocycles. The summed E-state index contributed by atoms with van der Waals surface area (Å²) in [5.41, 5.74) is 0.415. The van der Waals surface area contributed by atoms with Gasteiger partial charge in [0.1, 0.15) is 11.6 Å². The van der Waals surface area contributed by atoms with E-state index in [1.807, 2.05) is 30.3 Å². The van der Waals surface area contributed by atoms with Crippen LogP contribution in [0.25, 0.3) is 0 Å². The van der Waals surface area contributed by atoms with Gasteiger partial charge in [0.15, 0.2) is 0 Å². The number of hydrogen-bond donors (Lipinski definition) is 2. The smallest absolute Gasteiger partial charge is 0.333 e. The third kappa shape index (κ3) is 5.57. The van der Waals surface area contributed by atoms with Gasteiger partial charge in [0.05, 0.1) is 12.0 Å². The standard InChI is InChI=1S/C20H25NO6/c1-20(2,3)27-19(26)16-10-9-15(14(18(24)25)11-17(22)23)21(16)12-13-7-5-4-6-8-13/h4-8,16H,9-12H2,1-3H3,(H,22,23)(H,24,25). The van der Waals surface area contributed by atoms with Crippen molar-refractivity contribution in [2.75, 3.05) is 0 Å². The van der Waals surface area contributed by atoms with Gasteiger partial charge < -0.3 is 19.8 Å². The highest BCUT2D eigenvalue weighted by Gasteiger charge is 2.39. The second-order valence-electron chi connectivity index (χ2n) is 7.50. The van der Waals surface area contributed by atoms with Crippen LogP contribution in [0.1, 0.15) is 45.6 Å². The molecule has 1 aliphatic rings. The summed E-state index contributed by atoms with van der Waals surface area (Å²) in [7, 11) is 0. The Kier molecular flexibility index (Phi) is 6.25. The van der Waals surface area contributed by atoms with E-state index in [0.717, 1.165) is 5.56 Å². The Hall–Kier alpha value is -2.83. The number of carbonyl (C=O) groups is 3. The van der Waals surface area contributed by atoms with Crippen LogP contribution < -0.4 is 0 Å². The van der Waals surface area contributed by atoms with E-state index >= 15 is 0 Å². The van der Waals surface area contributed by atoms with Crippen LogP contribution in [0.15, 0.2) is 41.6 Å². The van der Waals surface area contributed by atoms with Crippen molar-refractivity contribution in [2.45, 2.75) is 58.2 Å². The number of allylic oxidation sites excluding steroid dienone is 1. The van der Waals surface area contributed by atoms with Crippen LogP contribution in [0, 0.1) is 0 Å². The molecule has 0 aliphatic carbocycles. The molecular formula is C20H25NO6. The fraction of sp³-hybridized carbons (Fsp3) is 0.450. The number of ether oxygens (including phenoxy) is 1. The lowest BCUT2D eigenvalue weighted by molar-refractivity contribution is -0.160. The molecule has 0 bridgehead atoms. The maximum atomic E-state index is 12.7. The zero-order valence-corrected chi connectivity index (χ0v) is 15.8. The molecule has 1 heterocycles. The summed E-state index contributed by atoms with van der Waals surface area (Å²) in [6, 6.07) is 8.67. The number of esters is 1. The highest BCUT2D eigenvalue weighted by Crippen LogP contribution is 2.34. The van der Waals surface area contributed by atoms with E-state index in [-0.39, 0.29) is 5.57 Å². The minimum atomic E-state index is -1.28. The van der Waals surface area contributed by atoms with Crippen LogP contribution in [0.4, 0.5) is 0 Å². The van der Waals surface area contributed by atoms with Gasteiger partial charge in [-0.15, -0.1) is 0 Å². The SMILES string of the molecule is CC(C)(C)OC(=O)C1CCC(=C(CC(=O)O)C(=O)O)N1Cc1ccccc1. The molecule has 27 heavy (non-hydrogen) atoms. The maximum absolute atomic E-state index is 12.7. The molecule has 1 aromatic rings. The molecule has 1 unspecified atom stereocenters. The van der Waals surface area contributed by atoms with Crippen molar-refractivity contribution in [2.24, 2.45) is 0 Å². The summed E-state index contributed by atoms with van der Waals surface area (Å²) in [5, 5.41) is 18.6. The van der Waals surface area contributed by atoms with E-state index in [0.29, 0.717) is 25.1 Å². The van der Waals surface area contributed by atoms with Crippen molar-refractivity contribution >= 4 is 17.9 Å². The van der Waals surface area contributed by atoms with E-state index in [1.54, 1.807) is 25.7 Å². The van der Waals surface area contributed by atoms with Gasteiger partial charge in [0.25, 0.3) is 0 Å². The fourth-order valence-corrected chi connectivity index (χ4v) is 3.14. The zero-order chi connectivity index (χ0) is 20.2. The Morgan fingerprint density at radius 1 is 1.15 bits per heavy atom. The van der Waals surface area contributed by atoms with E-state index < -0.39 is 36.0 Å². The predicted molar refractivity (Wildman–Crippen MR) is 97.8 cm³/mol. The van der Waals surface area contributed by atoms with Crippen molar-refractivity contribution in [1.29, 1.82) is 0 Å². The van der Waals surface area contributed by atoms with Crippen LogP contribution >= 0.6 is 0 Å². The van der Waals surface area contributed by atoms with Crippen molar-refractivity contribution in [3.8, 4) is 0 Å². The molecular weight excluding hydrogens is 350 g/mol. The van der Waals surface area contributed by atoms with Gasteiger partial charge in [0.2, 0.25) is 0 Å². The lowest BCUT2D eigenvalue weighted by Crippen LogP contribution is -2.40. The van der Waals surface area contributed by atoms with E-state index in [4.69, 9.17) is 9.84 Å². The van der Waals surface area contributed by atoms with Crippen molar-refractivity contribution in [3.63, 3.8) is 0 Å². The largest absolute Gasteiger partial charge is 0.481 e. The molecule has 1 fully saturated rings. The first-order chi connectivity index (χ1) is 12.6. The first-order valence-corrected chi connectivity index (χ1v) is 8.79. The van der Waals surface area contributed by atoms with Crippen LogP contribution in [-0.2, 0) is 25.7 Å². The maximum Gasteiger partial charge on any atom is 0.333 e. The van der Waals surface area contributed by atoms with Crippen molar-refractivity contribution in [1.82, 2.24) is 4.90 Å². The lowest BCUT2D eigenvalue weighted by Gasteiger charge is -2.30. The molecule has 1 aliphatic heterocycles. The highest BCUT2D eigenvalue weighted by atomic mass is 16.6. The van der Waals surface area contributed by atoms with Gasteiger partial charge in [-0.3, -0.25) is 4.79 Å². The fourth-order valence-electron chi connectivity index (χ4n) is 3.14. The molecule has 7 heteroatoms. The third-order valence-electron chi connectivity index (χ3n) is 4.19. The van der Waals surface area contributed by atoms with Gasteiger partial charge in [-0.2, -0.15) is 0 Å². The number of benzene rings is 1. The van der Waals surface area contributed by atoms with Gasteiger partial charge in [0, 0.05) is 12.2 Å². The Morgan fingerprint density at radius 2 is 1.78 bits per heavy atom. The molecule has 7 nitrogen and oxygen atoms in total. The zero-order valence-electron chi connectivity index (χ0n) is 15.8. The quantitative estimate of drug-likeness (QED) is 0.582. The average molecular weight is 375 g/mol. The molecule has 0 aromatic heterocycles. The number of carboxylic acids is 2. The van der Waals surface area contributed by atoms with Gasteiger partial charge in [-0.1, -0.05) is 30.3 Å². The third-order valence-corrected chi connectivity index (χ3v) is 4.19. The Balaban J connectivity index is 2.42. The van der Waals surface area contributed by atoms with Crippen LogP contribution in [-0.4, -0.2) is 44.7 Å². The summed E-state index contributed by atoms with van der Waals surface area (Å²) in [6.45, 7) is 5.61. The monoisotopic (exact) mass is 375 g/mol. The second kappa shape index (κ2) is 8.24. The second-order valence-corrected chi connectivity index (χ2v) is 7.50. The first kappa shape index (κ1) is 20.5. The molecule has 1 saturated heterocycles. The summed E-state index contributed by atoms with van der Waals surface area (Å²) in [4.78, 5) is 37.1. The minimum Gasteiger partial charge on any atom is -0.481 e. The highest BCUT2D eigenvalue weighted by molar-refractivity contribution is 5.93. The van der Waals surface area contributed by atoms with Crippen LogP contribution in [0.3, 0.4) is 0 Å². The molecule has 0 amide bonds. The number of hydrogen-bond acceptors (Lipinski definition) is 5.